The van der Waals surface area contributed by atoms with Gasteiger partial charge in [-0.3, -0.25) is 14.9 Å². The molecule has 0 bridgehead atoms. The third kappa shape index (κ3) is 3.49. The number of nitrogens with zero attached hydrogens (tertiary/aromatic N) is 2. The molecule has 8 heteroatoms. The molecular weight excluding hydrogens is 330 g/mol. The van der Waals surface area contributed by atoms with Gasteiger partial charge in [0, 0.05) is 30.0 Å². The number of carbonyl (C=O) groups excluding carboxylic acids is 1. The molecule has 0 aliphatic rings. The molecular formula is C16H13N3O4S. The second-order valence-corrected chi connectivity index (χ2v) is 5.88. The first kappa shape index (κ1) is 15.9. The molecule has 0 fully saturated rings. The number of amides is 1. The molecule has 0 saturated carbocycles. The number of nitrogens with one attached hydrogen (secondary N) is 1. The van der Waals surface area contributed by atoms with Gasteiger partial charge in [-0.2, -0.15) is 0 Å². The Balaban J connectivity index is 1.78. The number of rotatable bonds is 5. The van der Waals surface area contributed by atoms with Crippen LogP contribution >= 0.6 is 11.3 Å². The summed E-state index contributed by atoms with van der Waals surface area (Å²) in [6.45, 7) is 1.77. The second-order valence-electron chi connectivity index (χ2n) is 5.02. The van der Waals surface area contributed by atoms with Crippen molar-refractivity contribution in [2.75, 3.05) is 0 Å². The minimum absolute atomic E-state index is 0.0455. The van der Waals surface area contributed by atoms with Crippen LogP contribution < -0.4 is 5.32 Å². The summed E-state index contributed by atoms with van der Waals surface area (Å²) in [4.78, 5) is 25.7. The summed E-state index contributed by atoms with van der Waals surface area (Å²) in [6, 6.07) is 9.84. The van der Waals surface area contributed by atoms with Gasteiger partial charge in [0.1, 0.15) is 16.5 Å². The standard InChI is InChI=1S/C16H13N3O4S/c1-10(20)17-8-13-6-7-15(23-13)14-9-24-16(18-14)11-2-4-12(5-3-11)19(21)22/h2-7,9H,8H2,1H3,(H,17,20). The summed E-state index contributed by atoms with van der Waals surface area (Å²) in [6.07, 6.45) is 0. The van der Waals surface area contributed by atoms with Crippen molar-refractivity contribution in [1.82, 2.24) is 10.3 Å². The molecule has 0 aliphatic carbocycles. The molecule has 2 heterocycles. The Kier molecular flexibility index (Phi) is 4.39. The zero-order valence-corrected chi connectivity index (χ0v) is 13.5. The van der Waals surface area contributed by atoms with Crippen molar-refractivity contribution in [3.8, 4) is 22.0 Å². The molecule has 7 nitrogen and oxygen atoms in total. The smallest absolute Gasteiger partial charge is 0.269 e. The zero-order chi connectivity index (χ0) is 17.1. The summed E-state index contributed by atoms with van der Waals surface area (Å²) in [5.74, 6) is 1.13. The van der Waals surface area contributed by atoms with E-state index in [-0.39, 0.29) is 11.6 Å². The number of hydrogen-bond acceptors (Lipinski definition) is 6. The first-order chi connectivity index (χ1) is 11.5. The van der Waals surface area contributed by atoms with E-state index >= 15 is 0 Å². The first-order valence-electron chi connectivity index (χ1n) is 7.07. The molecule has 24 heavy (non-hydrogen) atoms. The third-order valence-electron chi connectivity index (χ3n) is 3.25. The van der Waals surface area contributed by atoms with Crippen molar-refractivity contribution >= 4 is 22.9 Å². The summed E-state index contributed by atoms with van der Waals surface area (Å²) >= 11 is 1.43. The highest BCUT2D eigenvalue weighted by atomic mass is 32.1. The van der Waals surface area contributed by atoms with Crippen molar-refractivity contribution in [2.24, 2.45) is 0 Å². The van der Waals surface area contributed by atoms with Crippen molar-refractivity contribution < 1.29 is 14.1 Å². The Hall–Kier alpha value is -3.00. The fraction of sp³-hybridized carbons (Fsp3) is 0.125. The highest BCUT2D eigenvalue weighted by Crippen LogP contribution is 2.30. The van der Waals surface area contributed by atoms with E-state index in [1.54, 1.807) is 24.3 Å². The monoisotopic (exact) mass is 343 g/mol. The number of benzene rings is 1. The maximum Gasteiger partial charge on any atom is 0.269 e. The van der Waals surface area contributed by atoms with E-state index < -0.39 is 4.92 Å². The van der Waals surface area contributed by atoms with E-state index in [0.717, 1.165) is 10.6 Å². The molecule has 1 aromatic carbocycles. The van der Waals surface area contributed by atoms with Crippen LogP contribution in [0.4, 0.5) is 5.69 Å². The summed E-state index contributed by atoms with van der Waals surface area (Å²) < 4.78 is 5.66. The van der Waals surface area contributed by atoms with E-state index in [9.17, 15) is 14.9 Å². The van der Waals surface area contributed by atoms with Crippen LogP contribution in [0.1, 0.15) is 12.7 Å². The zero-order valence-electron chi connectivity index (χ0n) is 12.7. The Morgan fingerprint density at radius 1 is 1.29 bits per heavy atom. The van der Waals surface area contributed by atoms with E-state index in [2.05, 4.69) is 10.3 Å². The average molecular weight is 343 g/mol. The number of thiazole rings is 1. The second kappa shape index (κ2) is 6.63. The number of non-ortho nitro benzene ring substituents is 1. The molecule has 0 spiro atoms. The first-order valence-corrected chi connectivity index (χ1v) is 7.95. The van der Waals surface area contributed by atoms with Gasteiger partial charge in [0.05, 0.1) is 11.5 Å². The Bertz CT molecular complexity index is 883. The van der Waals surface area contributed by atoms with Crippen molar-refractivity contribution in [1.29, 1.82) is 0 Å². The molecule has 0 saturated heterocycles. The topological polar surface area (TPSA) is 98.3 Å². The number of carbonyl (C=O) groups is 1. The van der Waals surface area contributed by atoms with Gasteiger partial charge in [-0.05, 0) is 24.3 Å². The third-order valence-corrected chi connectivity index (χ3v) is 4.15. The van der Waals surface area contributed by atoms with E-state index in [4.69, 9.17) is 4.42 Å². The van der Waals surface area contributed by atoms with Gasteiger partial charge in [-0.15, -0.1) is 11.3 Å². The molecule has 3 aromatic rings. The molecule has 3 rings (SSSR count). The van der Waals surface area contributed by atoms with Crippen LogP contribution in [-0.2, 0) is 11.3 Å². The van der Waals surface area contributed by atoms with E-state index in [0.29, 0.717) is 23.8 Å². The number of furan rings is 1. The summed E-state index contributed by atoms with van der Waals surface area (Å²) in [5.41, 5.74) is 1.54. The molecule has 2 aromatic heterocycles. The number of nitro groups is 1. The number of nitro benzene ring substituents is 1. The van der Waals surface area contributed by atoms with Crippen molar-refractivity contribution in [3.05, 3.63) is 57.7 Å². The predicted molar refractivity (Wildman–Crippen MR) is 89.4 cm³/mol. The lowest BCUT2D eigenvalue weighted by Crippen LogP contribution is -2.18. The summed E-state index contributed by atoms with van der Waals surface area (Å²) in [7, 11) is 0. The molecule has 0 unspecified atom stereocenters. The fourth-order valence-electron chi connectivity index (χ4n) is 2.07. The highest BCUT2D eigenvalue weighted by molar-refractivity contribution is 7.13. The molecule has 0 radical (unpaired) electrons. The number of hydrogen-bond donors (Lipinski definition) is 1. The fourth-order valence-corrected chi connectivity index (χ4v) is 2.88. The van der Waals surface area contributed by atoms with Crippen LogP contribution in [0, 0.1) is 10.1 Å². The van der Waals surface area contributed by atoms with Gasteiger partial charge < -0.3 is 9.73 Å². The van der Waals surface area contributed by atoms with Gasteiger partial charge >= 0.3 is 0 Å². The maximum atomic E-state index is 10.9. The Morgan fingerprint density at radius 2 is 2.04 bits per heavy atom. The van der Waals surface area contributed by atoms with Gasteiger partial charge in [0.2, 0.25) is 5.91 Å². The van der Waals surface area contributed by atoms with Crippen LogP contribution in [0.5, 0.6) is 0 Å². The molecule has 122 valence electrons. The van der Waals surface area contributed by atoms with Crippen LogP contribution in [0.3, 0.4) is 0 Å². The van der Waals surface area contributed by atoms with Crippen LogP contribution in [0.25, 0.3) is 22.0 Å². The van der Waals surface area contributed by atoms with Crippen molar-refractivity contribution in [3.63, 3.8) is 0 Å². The number of aromatic nitrogens is 1. The largest absolute Gasteiger partial charge is 0.458 e. The van der Waals surface area contributed by atoms with Crippen LogP contribution in [0.15, 0.2) is 46.2 Å². The van der Waals surface area contributed by atoms with Crippen molar-refractivity contribution in [2.45, 2.75) is 13.5 Å². The van der Waals surface area contributed by atoms with E-state index in [1.165, 1.54) is 30.4 Å². The minimum atomic E-state index is -0.434. The summed E-state index contributed by atoms with van der Waals surface area (Å²) in [5, 5.41) is 16.0. The van der Waals surface area contributed by atoms with Gasteiger partial charge in [-0.1, -0.05) is 0 Å². The average Bonchev–Trinajstić information content (AvgIpc) is 3.22. The molecule has 0 aliphatic heterocycles. The lowest BCUT2D eigenvalue weighted by Gasteiger charge is -1.97. The molecule has 1 N–H and O–H groups in total. The lowest BCUT2D eigenvalue weighted by molar-refractivity contribution is -0.384. The normalized spacial score (nSPS) is 10.5. The quantitative estimate of drug-likeness (QED) is 0.563. The highest BCUT2D eigenvalue weighted by Gasteiger charge is 2.12. The maximum absolute atomic E-state index is 10.9. The predicted octanol–water partition coefficient (Wildman–Crippen LogP) is 3.61. The molecule has 0 atom stereocenters. The Morgan fingerprint density at radius 3 is 2.71 bits per heavy atom. The minimum Gasteiger partial charge on any atom is -0.458 e. The van der Waals surface area contributed by atoms with E-state index in [1.807, 2.05) is 5.38 Å². The SMILES string of the molecule is CC(=O)NCc1ccc(-c2csc(-c3ccc([N+](=O)[O-])cc3)n2)o1. The molecule has 1 amide bonds. The lowest BCUT2D eigenvalue weighted by atomic mass is 10.2. The van der Waals surface area contributed by atoms with Gasteiger partial charge in [0.25, 0.3) is 5.69 Å². The van der Waals surface area contributed by atoms with Crippen LogP contribution in [-0.4, -0.2) is 15.8 Å². The van der Waals surface area contributed by atoms with Crippen LogP contribution in [0.2, 0.25) is 0 Å². The Labute approximate surface area is 141 Å². The van der Waals surface area contributed by atoms with Gasteiger partial charge in [-0.25, -0.2) is 4.98 Å². The van der Waals surface area contributed by atoms with Gasteiger partial charge in [0.15, 0.2) is 5.76 Å².